The van der Waals surface area contributed by atoms with Gasteiger partial charge in [-0.1, -0.05) is 54.6 Å². The molecule has 3 aromatic rings. The fourth-order valence-corrected chi connectivity index (χ4v) is 3.80. The fourth-order valence-electron chi connectivity index (χ4n) is 2.42. The van der Waals surface area contributed by atoms with Crippen LogP contribution in [0.4, 0.5) is 0 Å². The van der Waals surface area contributed by atoms with Gasteiger partial charge in [-0.15, -0.1) is 0 Å². The zero-order chi connectivity index (χ0) is 14.2. The van der Waals surface area contributed by atoms with E-state index < -0.39 is 9.28 Å². The lowest BCUT2D eigenvalue weighted by molar-refractivity contribution is 0.0687. The molecule has 1 radical (unpaired) electrons. The maximum absolute atomic E-state index is 12.2. The van der Waals surface area contributed by atoms with Gasteiger partial charge in [0.15, 0.2) is 0 Å². The number of carbonyl (C=O) groups is 1. The lowest BCUT2D eigenvalue weighted by Gasteiger charge is -2.23. The van der Waals surface area contributed by atoms with Gasteiger partial charge in [0.1, 0.15) is 5.75 Å². The molecule has 0 atom stereocenters. The van der Waals surface area contributed by atoms with E-state index in [1.54, 1.807) is 0 Å². The first-order valence-electron chi connectivity index (χ1n) is 6.66. The summed E-state index contributed by atoms with van der Waals surface area (Å²) in [7, 11) is -1.80. The van der Waals surface area contributed by atoms with Gasteiger partial charge in [0, 0.05) is 5.19 Å². The van der Waals surface area contributed by atoms with Crippen LogP contribution in [-0.4, -0.2) is 15.3 Å². The van der Waals surface area contributed by atoms with Crippen LogP contribution in [0.3, 0.4) is 0 Å². The summed E-state index contributed by atoms with van der Waals surface area (Å²) in [6.45, 7) is 0. The monoisotopic (exact) mass is 291 g/mol. The minimum Gasteiger partial charge on any atom is -0.506 e. The third kappa shape index (κ3) is 2.10. The van der Waals surface area contributed by atoms with Crippen LogP contribution < -0.4 is 9.61 Å². The Morgan fingerprint density at radius 3 is 2.19 bits per heavy atom. The second kappa shape index (κ2) is 4.75. The molecule has 1 aliphatic heterocycles. The Kier molecular flexibility index (Phi) is 2.75. The van der Waals surface area contributed by atoms with Gasteiger partial charge in [-0.25, -0.2) is 4.79 Å². The summed E-state index contributed by atoms with van der Waals surface area (Å²) >= 11 is 0. The van der Waals surface area contributed by atoms with E-state index in [1.807, 2.05) is 66.7 Å². The molecule has 0 N–H and O–H groups in total. The Hall–Kier alpha value is -2.59. The maximum atomic E-state index is 12.2. The first kappa shape index (κ1) is 12.2. The van der Waals surface area contributed by atoms with Crippen molar-refractivity contribution >= 4 is 31.2 Å². The van der Waals surface area contributed by atoms with Gasteiger partial charge in [-0.2, -0.15) is 0 Å². The van der Waals surface area contributed by atoms with Crippen LogP contribution in [0.1, 0.15) is 10.4 Å². The second-order valence-corrected chi connectivity index (χ2v) is 6.40. The summed E-state index contributed by atoms with van der Waals surface area (Å²) in [4.78, 5) is 12.2. The molecule has 1 heterocycles. The molecule has 0 saturated heterocycles. The van der Waals surface area contributed by atoms with E-state index in [-0.39, 0.29) is 5.97 Å². The number of hydrogen-bond acceptors (Lipinski definition) is 3. The molecule has 1 aliphatic rings. The zero-order valence-electron chi connectivity index (χ0n) is 11.1. The summed E-state index contributed by atoms with van der Waals surface area (Å²) in [5.74, 6) is 0.308. The summed E-state index contributed by atoms with van der Waals surface area (Å²) in [6, 6.07) is 21.3. The molecule has 4 rings (SSSR count). The van der Waals surface area contributed by atoms with Crippen LogP contribution in [0.25, 0.3) is 10.8 Å². The molecule has 3 nitrogen and oxygen atoms in total. The second-order valence-electron chi connectivity index (χ2n) is 4.84. The largest absolute Gasteiger partial charge is 0.574 e. The van der Waals surface area contributed by atoms with E-state index >= 15 is 0 Å². The van der Waals surface area contributed by atoms with Crippen molar-refractivity contribution in [2.45, 2.75) is 0 Å². The predicted octanol–water partition coefficient (Wildman–Crippen LogP) is 2.78. The first-order valence-corrected chi connectivity index (χ1v) is 7.98. The minimum atomic E-state index is -1.80. The Labute approximate surface area is 123 Å². The van der Waals surface area contributed by atoms with Gasteiger partial charge in [-0.3, -0.25) is 0 Å². The lowest BCUT2D eigenvalue weighted by Crippen LogP contribution is -2.44. The van der Waals surface area contributed by atoms with Gasteiger partial charge >= 0.3 is 15.3 Å². The van der Waals surface area contributed by atoms with Crippen LogP contribution in [0, 0.1) is 0 Å². The Balaban J connectivity index is 1.80. The maximum Gasteiger partial charge on any atom is 0.574 e. The Morgan fingerprint density at radius 1 is 0.762 bits per heavy atom. The van der Waals surface area contributed by atoms with E-state index in [0.29, 0.717) is 11.3 Å². The molecule has 4 heteroatoms. The van der Waals surface area contributed by atoms with Crippen molar-refractivity contribution in [3.63, 3.8) is 0 Å². The van der Waals surface area contributed by atoms with Crippen LogP contribution in [0.5, 0.6) is 5.75 Å². The molecule has 21 heavy (non-hydrogen) atoms. The molecule has 0 bridgehead atoms. The molecular weight excluding hydrogens is 280 g/mol. The first-order chi connectivity index (χ1) is 10.3. The van der Waals surface area contributed by atoms with E-state index in [4.69, 9.17) is 8.85 Å². The highest BCUT2D eigenvalue weighted by atomic mass is 28.3. The van der Waals surface area contributed by atoms with E-state index in [2.05, 4.69) is 0 Å². The molecule has 0 aliphatic carbocycles. The van der Waals surface area contributed by atoms with Crippen molar-refractivity contribution in [3.05, 3.63) is 72.3 Å². The van der Waals surface area contributed by atoms with Crippen molar-refractivity contribution in [3.8, 4) is 5.75 Å². The highest BCUT2D eigenvalue weighted by molar-refractivity contribution is 6.64. The van der Waals surface area contributed by atoms with Gasteiger partial charge < -0.3 is 8.85 Å². The zero-order valence-corrected chi connectivity index (χ0v) is 12.1. The van der Waals surface area contributed by atoms with Crippen LogP contribution >= 0.6 is 0 Å². The average molecular weight is 291 g/mol. The molecule has 101 valence electrons. The van der Waals surface area contributed by atoms with E-state index in [9.17, 15) is 4.79 Å². The average Bonchev–Trinajstić information content (AvgIpc) is 2.54. The Morgan fingerprint density at radius 2 is 1.43 bits per heavy atom. The van der Waals surface area contributed by atoms with E-state index in [1.165, 1.54) is 0 Å². The van der Waals surface area contributed by atoms with E-state index in [0.717, 1.165) is 16.0 Å². The molecule has 0 saturated carbocycles. The van der Waals surface area contributed by atoms with Gasteiger partial charge in [0.25, 0.3) is 0 Å². The van der Waals surface area contributed by atoms with Crippen LogP contribution in [-0.2, 0) is 4.43 Å². The molecule has 3 aromatic carbocycles. The minimum absolute atomic E-state index is 0.306. The number of carbonyl (C=O) groups excluding carboxylic acids is 1. The molecule has 0 aromatic heterocycles. The number of rotatable bonds is 1. The predicted molar refractivity (Wildman–Crippen MR) is 81.8 cm³/mol. The summed E-state index contributed by atoms with van der Waals surface area (Å²) in [5, 5.41) is 2.99. The normalized spacial score (nSPS) is 14.4. The summed E-state index contributed by atoms with van der Waals surface area (Å²) in [6.07, 6.45) is 0. The molecule has 0 amide bonds. The van der Waals surface area contributed by atoms with Gasteiger partial charge in [0.05, 0.1) is 5.56 Å². The number of hydrogen-bond donors (Lipinski definition) is 0. The SMILES string of the molecule is O=C1O[Si](c2ccccc2)Oc2cc3ccccc3cc21. The highest BCUT2D eigenvalue weighted by Gasteiger charge is 2.34. The number of fused-ring (bicyclic) bond motifs is 2. The summed E-state index contributed by atoms with van der Waals surface area (Å²) in [5.41, 5.74) is 0.499. The molecule has 0 unspecified atom stereocenters. The van der Waals surface area contributed by atoms with Crippen molar-refractivity contribution in [1.29, 1.82) is 0 Å². The van der Waals surface area contributed by atoms with Crippen molar-refractivity contribution in [1.82, 2.24) is 0 Å². The van der Waals surface area contributed by atoms with Crippen molar-refractivity contribution in [2.24, 2.45) is 0 Å². The summed E-state index contributed by atoms with van der Waals surface area (Å²) < 4.78 is 11.4. The van der Waals surface area contributed by atoms with Crippen molar-refractivity contribution < 1.29 is 13.6 Å². The van der Waals surface area contributed by atoms with Gasteiger partial charge in [0.2, 0.25) is 0 Å². The van der Waals surface area contributed by atoms with Crippen molar-refractivity contribution in [2.75, 3.05) is 0 Å². The smallest absolute Gasteiger partial charge is 0.506 e. The third-order valence-corrected chi connectivity index (χ3v) is 5.05. The number of benzene rings is 3. The van der Waals surface area contributed by atoms with Crippen LogP contribution in [0.15, 0.2) is 66.7 Å². The molecule has 0 spiro atoms. The fraction of sp³-hybridized carbons (Fsp3) is 0. The quantitative estimate of drug-likeness (QED) is 0.647. The lowest BCUT2D eigenvalue weighted by atomic mass is 10.1. The highest BCUT2D eigenvalue weighted by Crippen LogP contribution is 2.30. The standard InChI is InChI=1S/C17H11O3Si/c18-17-15-10-12-6-4-5-7-13(12)11-16(15)19-21(20-17)14-8-2-1-3-9-14/h1-11H. The topological polar surface area (TPSA) is 35.5 Å². The third-order valence-electron chi connectivity index (χ3n) is 3.47. The molecular formula is C17H11O3Si. The van der Waals surface area contributed by atoms with Crippen LogP contribution in [0.2, 0.25) is 0 Å². The van der Waals surface area contributed by atoms with Gasteiger partial charge in [-0.05, 0) is 22.9 Å². The Bertz CT molecular complexity index is 830. The molecule has 0 fully saturated rings.